The molecular weight excluding hydrogens is 164 g/mol. The third-order valence-electron chi connectivity index (χ3n) is 1.62. The van der Waals surface area contributed by atoms with E-state index in [4.69, 9.17) is 0 Å². The highest BCUT2D eigenvalue weighted by atomic mass is 32.1. The Morgan fingerprint density at radius 3 is 2.50 bits per heavy atom. The van der Waals surface area contributed by atoms with E-state index in [2.05, 4.69) is 31.4 Å². The van der Waals surface area contributed by atoms with E-state index in [0.717, 1.165) is 11.3 Å². The van der Waals surface area contributed by atoms with Crippen LogP contribution in [0.25, 0.3) is 12.2 Å². The molecule has 0 saturated heterocycles. The molecule has 0 aliphatic rings. The molecule has 0 atom stereocenters. The van der Waals surface area contributed by atoms with Gasteiger partial charge >= 0.3 is 0 Å². The second-order valence-electron chi connectivity index (χ2n) is 2.42. The molecule has 0 spiro atoms. The molecule has 0 aliphatic heterocycles. The van der Waals surface area contributed by atoms with Gasteiger partial charge in [-0.3, -0.25) is 0 Å². The summed E-state index contributed by atoms with van der Waals surface area (Å²) in [5.41, 5.74) is 2.36. The molecule has 62 valence electrons. The maximum Gasteiger partial charge on any atom is 0.00858 e. The molecule has 0 amide bonds. The average molecular weight is 176 g/mol. The van der Waals surface area contributed by atoms with Crippen LogP contribution >= 0.6 is 12.6 Å². The molecule has 0 aromatic heterocycles. The first-order valence-corrected chi connectivity index (χ1v) is 4.50. The molecular formula is C11H12S. The molecule has 0 radical (unpaired) electrons. The van der Waals surface area contributed by atoms with Gasteiger partial charge in [-0.25, -0.2) is 0 Å². The van der Waals surface area contributed by atoms with Gasteiger partial charge in [0.25, 0.3) is 0 Å². The molecule has 0 unspecified atom stereocenters. The van der Waals surface area contributed by atoms with E-state index in [1.165, 1.54) is 5.56 Å². The topological polar surface area (TPSA) is 0 Å². The minimum atomic E-state index is 0.769. The Hall–Kier alpha value is -0.950. The molecule has 0 bridgehead atoms. The van der Waals surface area contributed by atoms with Crippen molar-refractivity contribution in [2.24, 2.45) is 0 Å². The minimum absolute atomic E-state index is 0.769. The van der Waals surface area contributed by atoms with Crippen molar-refractivity contribution < 1.29 is 0 Å². The summed E-state index contributed by atoms with van der Waals surface area (Å²) in [7, 11) is 0. The molecule has 0 fully saturated rings. The number of thiol groups is 1. The van der Waals surface area contributed by atoms with E-state index in [1.807, 2.05) is 30.4 Å². The fraction of sp³-hybridized carbons (Fsp3) is 0.0909. The summed E-state index contributed by atoms with van der Waals surface area (Å²) >= 11 is 4.10. The highest BCUT2D eigenvalue weighted by Crippen LogP contribution is 2.11. The van der Waals surface area contributed by atoms with Crippen LogP contribution < -0.4 is 0 Å². The van der Waals surface area contributed by atoms with Crippen molar-refractivity contribution >= 4 is 24.8 Å². The van der Waals surface area contributed by atoms with Crippen LogP contribution in [-0.4, -0.2) is 5.75 Å². The third-order valence-corrected chi connectivity index (χ3v) is 1.83. The molecule has 1 heteroatoms. The lowest BCUT2D eigenvalue weighted by Gasteiger charge is -1.98. The van der Waals surface area contributed by atoms with Gasteiger partial charge in [-0.15, -0.1) is 0 Å². The third kappa shape index (κ3) is 2.28. The van der Waals surface area contributed by atoms with Crippen LogP contribution in [0.1, 0.15) is 11.1 Å². The Morgan fingerprint density at radius 1 is 1.25 bits per heavy atom. The summed E-state index contributed by atoms with van der Waals surface area (Å²) < 4.78 is 0. The van der Waals surface area contributed by atoms with Gasteiger partial charge < -0.3 is 0 Å². The van der Waals surface area contributed by atoms with Crippen molar-refractivity contribution in [1.29, 1.82) is 0 Å². The standard InChI is InChI=1S/C11H12S/c1-2-10-6-3-4-7-11(10)8-5-9-12/h2-8,12H,1,9H2/b8-5-. The molecule has 1 rings (SSSR count). The lowest BCUT2D eigenvalue weighted by Crippen LogP contribution is -1.78. The zero-order chi connectivity index (χ0) is 8.81. The molecule has 0 heterocycles. The Labute approximate surface area is 79.0 Å². The summed E-state index contributed by atoms with van der Waals surface area (Å²) in [5.74, 6) is 0.769. The fourth-order valence-corrected chi connectivity index (χ4v) is 1.13. The average Bonchev–Trinajstić information content (AvgIpc) is 2.15. The predicted octanol–water partition coefficient (Wildman–Crippen LogP) is 3.27. The van der Waals surface area contributed by atoms with Gasteiger partial charge in [0.05, 0.1) is 0 Å². The quantitative estimate of drug-likeness (QED) is 0.671. The highest BCUT2D eigenvalue weighted by Gasteiger charge is 1.90. The fourth-order valence-electron chi connectivity index (χ4n) is 1.03. The molecule has 1 aromatic carbocycles. The first-order valence-electron chi connectivity index (χ1n) is 3.87. The summed E-state index contributed by atoms with van der Waals surface area (Å²) in [6.45, 7) is 3.75. The SMILES string of the molecule is C=Cc1ccccc1/C=C\CS. The zero-order valence-corrected chi connectivity index (χ0v) is 7.80. The van der Waals surface area contributed by atoms with Gasteiger partial charge in [-0.1, -0.05) is 49.1 Å². The predicted molar refractivity (Wildman–Crippen MR) is 59.4 cm³/mol. The first kappa shape index (κ1) is 9.14. The van der Waals surface area contributed by atoms with Crippen LogP contribution in [0.4, 0.5) is 0 Å². The van der Waals surface area contributed by atoms with Crippen LogP contribution in [0.5, 0.6) is 0 Å². The molecule has 0 saturated carbocycles. The first-order chi connectivity index (χ1) is 5.88. The van der Waals surface area contributed by atoms with Crippen molar-refractivity contribution in [3.63, 3.8) is 0 Å². The molecule has 1 aromatic rings. The monoisotopic (exact) mass is 176 g/mol. The molecule has 0 N–H and O–H groups in total. The Morgan fingerprint density at radius 2 is 1.92 bits per heavy atom. The number of hydrogen-bond donors (Lipinski definition) is 1. The molecule has 12 heavy (non-hydrogen) atoms. The van der Waals surface area contributed by atoms with Gasteiger partial charge in [0.1, 0.15) is 0 Å². The smallest absolute Gasteiger partial charge is 0.00858 e. The highest BCUT2D eigenvalue weighted by molar-refractivity contribution is 7.80. The van der Waals surface area contributed by atoms with Crippen molar-refractivity contribution in [2.75, 3.05) is 5.75 Å². The summed E-state index contributed by atoms with van der Waals surface area (Å²) in [6.07, 6.45) is 5.94. The van der Waals surface area contributed by atoms with Gasteiger partial charge in [-0.05, 0) is 11.1 Å². The van der Waals surface area contributed by atoms with Crippen molar-refractivity contribution in [1.82, 2.24) is 0 Å². The van der Waals surface area contributed by atoms with Crippen LogP contribution in [0, 0.1) is 0 Å². The number of rotatable bonds is 3. The summed E-state index contributed by atoms with van der Waals surface area (Å²) in [6, 6.07) is 8.14. The lowest BCUT2D eigenvalue weighted by atomic mass is 10.1. The van der Waals surface area contributed by atoms with Crippen molar-refractivity contribution in [3.05, 3.63) is 48.0 Å². The van der Waals surface area contributed by atoms with Crippen LogP contribution in [0.2, 0.25) is 0 Å². The number of hydrogen-bond acceptors (Lipinski definition) is 1. The Bertz CT molecular complexity index is 287. The van der Waals surface area contributed by atoms with Crippen LogP contribution in [0.15, 0.2) is 36.9 Å². The van der Waals surface area contributed by atoms with Crippen molar-refractivity contribution in [3.8, 4) is 0 Å². The second-order valence-corrected chi connectivity index (χ2v) is 2.78. The van der Waals surface area contributed by atoms with Crippen LogP contribution in [-0.2, 0) is 0 Å². The summed E-state index contributed by atoms with van der Waals surface area (Å²) in [4.78, 5) is 0. The maximum absolute atomic E-state index is 4.10. The van der Waals surface area contributed by atoms with Gasteiger partial charge in [0, 0.05) is 5.75 Å². The van der Waals surface area contributed by atoms with E-state index in [9.17, 15) is 0 Å². The van der Waals surface area contributed by atoms with E-state index >= 15 is 0 Å². The minimum Gasteiger partial charge on any atom is -0.175 e. The van der Waals surface area contributed by atoms with Crippen LogP contribution in [0.3, 0.4) is 0 Å². The lowest BCUT2D eigenvalue weighted by molar-refractivity contribution is 1.61. The summed E-state index contributed by atoms with van der Waals surface area (Å²) in [5, 5.41) is 0. The van der Waals surface area contributed by atoms with E-state index in [1.54, 1.807) is 0 Å². The van der Waals surface area contributed by atoms with E-state index < -0.39 is 0 Å². The second kappa shape index (κ2) is 4.83. The van der Waals surface area contributed by atoms with E-state index in [-0.39, 0.29) is 0 Å². The zero-order valence-electron chi connectivity index (χ0n) is 6.90. The maximum atomic E-state index is 4.10. The van der Waals surface area contributed by atoms with E-state index in [0.29, 0.717) is 0 Å². The largest absolute Gasteiger partial charge is 0.175 e. The van der Waals surface area contributed by atoms with Gasteiger partial charge in [-0.2, -0.15) is 12.6 Å². The Balaban J connectivity index is 2.96. The molecule has 0 nitrogen and oxygen atoms in total. The van der Waals surface area contributed by atoms with Gasteiger partial charge in [0.15, 0.2) is 0 Å². The number of benzene rings is 1. The van der Waals surface area contributed by atoms with Crippen molar-refractivity contribution in [2.45, 2.75) is 0 Å². The normalized spacial score (nSPS) is 10.4. The Kier molecular flexibility index (Phi) is 3.68. The molecule has 0 aliphatic carbocycles. The van der Waals surface area contributed by atoms with Gasteiger partial charge in [0.2, 0.25) is 0 Å².